The van der Waals surface area contributed by atoms with E-state index in [-0.39, 0.29) is 24.6 Å². The second-order valence-electron chi connectivity index (χ2n) is 5.09. The van der Waals surface area contributed by atoms with E-state index in [1.54, 1.807) is 6.92 Å². The molecule has 0 aliphatic heterocycles. The molecule has 0 spiro atoms. The minimum Gasteiger partial charge on any atom is -0.466 e. The Kier molecular flexibility index (Phi) is 12.2. The highest BCUT2D eigenvalue weighted by Gasteiger charge is 2.12. The number of likely N-dealkylation sites (N-methyl/N-ethyl adjacent to an activating group) is 1. The molecule has 0 heterocycles. The summed E-state index contributed by atoms with van der Waals surface area (Å²) in [7, 11) is 0. The molecule has 0 fully saturated rings. The van der Waals surface area contributed by atoms with Gasteiger partial charge in [0.15, 0.2) is 0 Å². The molecule has 21 heavy (non-hydrogen) atoms. The first kappa shape index (κ1) is 20.1. The average Bonchev–Trinajstić information content (AvgIpc) is 2.48. The molecule has 0 aliphatic rings. The molecular formula is C16H32N2O3. The fourth-order valence-electron chi connectivity index (χ4n) is 2.21. The van der Waals surface area contributed by atoms with Crippen LogP contribution in [0.4, 0.5) is 0 Å². The summed E-state index contributed by atoms with van der Waals surface area (Å²) in [6.45, 7) is 14.0. The number of ether oxygens (including phenoxy) is 1. The summed E-state index contributed by atoms with van der Waals surface area (Å²) >= 11 is 0. The summed E-state index contributed by atoms with van der Waals surface area (Å²) in [6.07, 6.45) is 1.55. The molecule has 0 amide bonds. The van der Waals surface area contributed by atoms with Crippen LogP contribution in [0.1, 0.15) is 47.0 Å². The van der Waals surface area contributed by atoms with Gasteiger partial charge in [-0.3, -0.25) is 14.5 Å². The van der Waals surface area contributed by atoms with Crippen molar-refractivity contribution in [1.82, 2.24) is 9.80 Å². The summed E-state index contributed by atoms with van der Waals surface area (Å²) in [4.78, 5) is 27.6. The maximum Gasteiger partial charge on any atom is 0.306 e. The van der Waals surface area contributed by atoms with Crippen LogP contribution in [0, 0.1) is 0 Å². The quantitative estimate of drug-likeness (QED) is 0.487. The third-order valence-corrected chi connectivity index (χ3v) is 3.60. The third kappa shape index (κ3) is 10.4. The Morgan fingerprint density at radius 3 is 1.95 bits per heavy atom. The lowest BCUT2D eigenvalue weighted by atomic mass is 10.2. The van der Waals surface area contributed by atoms with E-state index in [4.69, 9.17) is 4.74 Å². The van der Waals surface area contributed by atoms with Crippen molar-refractivity contribution in [2.75, 3.05) is 45.9 Å². The van der Waals surface area contributed by atoms with Gasteiger partial charge < -0.3 is 9.64 Å². The largest absolute Gasteiger partial charge is 0.466 e. The monoisotopic (exact) mass is 300 g/mol. The number of esters is 1. The molecule has 0 aliphatic carbocycles. The molecule has 0 aromatic carbocycles. The van der Waals surface area contributed by atoms with Crippen molar-refractivity contribution in [2.45, 2.75) is 47.0 Å². The molecular weight excluding hydrogens is 268 g/mol. The molecule has 0 saturated carbocycles. The number of ketones is 1. The van der Waals surface area contributed by atoms with Crippen LogP contribution in [-0.2, 0) is 14.3 Å². The van der Waals surface area contributed by atoms with Gasteiger partial charge >= 0.3 is 5.97 Å². The topological polar surface area (TPSA) is 49.9 Å². The number of carbonyl (C=O) groups excluding carboxylic acids is 2. The van der Waals surface area contributed by atoms with E-state index in [1.165, 1.54) is 0 Å². The lowest BCUT2D eigenvalue weighted by Gasteiger charge is -2.22. The zero-order chi connectivity index (χ0) is 16.1. The predicted octanol–water partition coefficient (Wildman–Crippen LogP) is 1.95. The maximum absolute atomic E-state index is 11.9. The molecule has 0 aromatic rings. The minimum atomic E-state index is -0.282. The lowest BCUT2D eigenvalue weighted by Crippen LogP contribution is -2.33. The van der Waals surface area contributed by atoms with Gasteiger partial charge in [0.25, 0.3) is 0 Å². The first-order chi connectivity index (χ1) is 10.1. The smallest absolute Gasteiger partial charge is 0.306 e. The van der Waals surface area contributed by atoms with Gasteiger partial charge in [0.1, 0.15) is 5.78 Å². The van der Waals surface area contributed by atoms with Crippen LogP contribution in [0.3, 0.4) is 0 Å². The molecule has 0 aromatic heterocycles. The standard InChI is InChI=1S/C16H32N2O3/c1-5-17(6-2)12-9-13-18(7-3)14-15(19)10-11-16(20)21-8-4/h5-14H2,1-4H3. The molecule has 0 saturated heterocycles. The Labute approximate surface area is 129 Å². The second kappa shape index (κ2) is 12.8. The molecule has 5 heteroatoms. The van der Waals surface area contributed by atoms with Crippen LogP contribution in [0.15, 0.2) is 0 Å². The molecule has 0 radical (unpaired) electrons. The highest BCUT2D eigenvalue weighted by atomic mass is 16.5. The normalized spacial score (nSPS) is 11.1. The van der Waals surface area contributed by atoms with Gasteiger partial charge in [0.2, 0.25) is 0 Å². The van der Waals surface area contributed by atoms with Gasteiger partial charge in [-0.05, 0) is 46.1 Å². The Hall–Kier alpha value is -0.940. The van der Waals surface area contributed by atoms with Crippen molar-refractivity contribution in [3.05, 3.63) is 0 Å². The fourth-order valence-corrected chi connectivity index (χ4v) is 2.21. The lowest BCUT2D eigenvalue weighted by molar-refractivity contribution is -0.144. The van der Waals surface area contributed by atoms with Crippen molar-refractivity contribution in [1.29, 1.82) is 0 Å². The van der Waals surface area contributed by atoms with Gasteiger partial charge in [-0.2, -0.15) is 0 Å². The molecule has 0 rings (SSSR count). The molecule has 0 N–H and O–H groups in total. The molecule has 0 unspecified atom stereocenters. The number of nitrogens with zero attached hydrogens (tertiary/aromatic N) is 2. The second-order valence-corrected chi connectivity index (χ2v) is 5.09. The van der Waals surface area contributed by atoms with Crippen molar-refractivity contribution in [3.8, 4) is 0 Å². The fraction of sp³-hybridized carbons (Fsp3) is 0.875. The summed E-state index contributed by atoms with van der Waals surface area (Å²) in [5.74, 6) is -0.164. The molecule has 124 valence electrons. The molecule has 0 bridgehead atoms. The van der Waals surface area contributed by atoms with Crippen LogP contribution in [0.2, 0.25) is 0 Å². The van der Waals surface area contributed by atoms with E-state index in [1.807, 2.05) is 0 Å². The number of hydrogen-bond acceptors (Lipinski definition) is 5. The van der Waals surface area contributed by atoms with Crippen molar-refractivity contribution < 1.29 is 14.3 Å². The summed E-state index contributed by atoms with van der Waals surface area (Å²) in [6, 6.07) is 0. The zero-order valence-electron chi connectivity index (χ0n) is 14.2. The van der Waals surface area contributed by atoms with Crippen LogP contribution in [0.25, 0.3) is 0 Å². The SMILES string of the molecule is CCOC(=O)CCC(=O)CN(CC)CCCN(CC)CC. The minimum absolute atomic E-state index is 0.118. The third-order valence-electron chi connectivity index (χ3n) is 3.60. The Balaban J connectivity index is 3.91. The highest BCUT2D eigenvalue weighted by Crippen LogP contribution is 2.00. The van der Waals surface area contributed by atoms with E-state index in [9.17, 15) is 9.59 Å². The van der Waals surface area contributed by atoms with Crippen LogP contribution >= 0.6 is 0 Å². The molecule has 0 atom stereocenters. The maximum atomic E-state index is 11.9. The number of hydrogen-bond donors (Lipinski definition) is 0. The number of Topliss-reactive ketones (excluding diaryl/α,β-unsaturated/α-hetero) is 1. The zero-order valence-corrected chi connectivity index (χ0v) is 14.2. The van der Waals surface area contributed by atoms with Crippen molar-refractivity contribution in [3.63, 3.8) is 0 Å². The van der Waals surface area contributed by atoms with Crippen molar-refractivity contribution >= 4 is 11.8 Å². The van der Waals surface area contributed by atoms with Crippen molar-refractivity contribution in [2.24, 2.45) is 0 Å². The summed E-state index contributed by atoms with van der Waals surface area (Å²) < 4.78 is 4.83. The van der Waals surface area contributed by atoms with E-state index in [2.05, 4.69) is 30.6 Å². The van der Waals surface area contributed by atoms with E-state index < -0.39 is 0 Å². The van der Waals surface area contributed by atoms with E-state index >= 15 is 0 Å². The van der Waals surface area contributed by atoms with Gasteiger partial charge in [-0.15, -0.1) is 0 Å². The van der Waals surface area contributed by atoms with Crippen LogP contribution in [0.5, 0.6) is 0 Å². The number of rotatable bonds is 13. The van der Waals surface area contributed by atoms with E-state index in [0.29, 0.717) is 13.2 Å². The number of carbonyl (C=O) groups is 2. The first-order valence-corrected chi connectivity index (χ1v) is 8.19. The van der Waals surface area contributed by atoms with Gasteiger partial charge in [0.05, 0.1) is 19.6 Å². The summed E-state index contributed by atoms with van der Waals surface area (Å²) in [5, 5.41) is 0. The van der Waals surface area contributed by atoms with E-state index in [0.717, 1.165) is 39.1 Å². The van der Waals surface area contributed by atoms with Gasteiger partial charge in [-0.25, -0.2) is 0 Å². The van der Waals surface area contributed by atoms with Gasteiger partial charge in [0, 0.05) is 6.42 Å². The van der Waals surface area contributed by atoms with Crippen LogP contribution in [-0.4, -0.2) is 67.4 Å². The average molecular weight is 300 g/mol. The Bertz CT molecular complexity index is 291. The van der Waals surface area contributed by atoms with Crippen LogP contribution < -0.4 is 0 Å². The Morgan fingerprint density at radius 2 is 1.43 bits per heavy atom. The highest BCUT2D eigenvalue weighted by molar-refractivity contribution is 5.84. The molecule has 5 nitrogen and oxygen atoms in total. The Morgan fingerprint density at radius 1 is 0.857 bits per heavy atom. The first-order valence-electron chi connectivity index (χ1n) is 8.19. The van der Waals surface area contributed by atoms with Gasteiger partial charge in [-0.1, -0.05) is 20.8 Å². The summed E-state index contributed by atoms with van der Waals surface area (Å²) in [5.41, 5.74) is 0. The predicted molar refractivity (Wildman–Crippen MR) is 85.4 cm³/mol.